The summed E-state index contributed by atoms with van der Waals surface area (Å²) in [5, 5.41) is 13.9. The van der Waals surface area contributed by atoms with Gasteiger partial charge in [0.15, 0.2) is 16.7 Å². The number of rotatable bonds is 8. The van der Waals surface area contributed by atoms with Gasteiger partial charge in [0.05, 0.1) is 26.6 Å². The van der Waals surface area contributed by atoms with Gasteiger partial charge in [0.1, 0.15) is 12.4 Å². The molecular formula is C25H19BrFN3O5S. The fraction of sp³-hybridized carbons (Fsp3) is 0.120. The lowest BCUT2D eigenvalue weighted by molar-refractivity contribution is -0.384. The summed E-state index contributed by atoms with van der Waals surface area (Å²) < 4.78 is 25.4. The number of hydrogen-bond acceptors (Lipinski definition) is 7. The topological polar surface area (TPSA) is 103 Å². The summed E-state index contributed by atoms with van der Waals surface area (Å²) in [4.78, 5) is 27.6. The molecule has 1 saturated heterocycles. The van der Waals surface area contributed by atoms with Gasteiger partial charge in [-0.25, -0.2) is 9.38 Å². The van der Waals surface area contributed by atoms with E-state index in [4.69, 9.17) is 9.47 Å². The molecule has 36 heavy (non-hydrogen) atoms. The second-order valence-corrected chi connectivity index (χ2v) is 9.32. The molecule has 1 aliphatic rings. The number of amides is 1. The Balaban J connectivity index is 1.53. The Morgan fingerprint density at radius 3 is 2.53 bits per heavy atom. The first-order valence-corrected chi connectivity index (χ1v) is 12.3. The molecule has 0 radical (unpaired) electrons. The zero-order chi connectivity index (χ0) is 25.7. The minimum Gasteiger partial charge on any atom is -0.490 e. The molecule has 4 rings (SSSR count). The Morgan fingerprint density at radius 2 is 1.86 bits per heavy atom. The third kappa shape index (κ3) is 6.29. The van der Waals surface area contributed by atoms with Gasteiger partial charge in [0.25, 0.3) is 11.6 Å². The van der Waals surface area contributed by atoms with Crippen LogP contribution < -0.4 is 14.8 Å². The maximum Gasteiger partial charge on any atom is 0.269 e. The van der Waals surface area contributed by atoms with E-state index < -0.39 is 4.92 Å². The maximum absolute atomic E-state index is 13.1. The number of nitro groups is 1. The van der Waals surface area contributed by atoms with Gasteiger partial charge in [-0.05, 0) is 100 Å². The molecule has 0 aromatic heterocycles. The van der Waals surface area contributed by atoms with E-state index in [0.717, 1.165) is 5.56 Å². The van der Waals surface area contributed by atoms with Gasteiger partial charge >= 0.3 is 0 Å². The Hall–Kier alpha value is -3.70. The van der Waals surface area contributed by atoms with Crippen molar-refractivity contribution in [2.45, 2.75) is 13.5 Å². The number of carbonyl (C=O) groups excluding carboxylic acids is 1. The lowest BCUT2D eigenvalue weighted by Crippen LogP contribution is -2.19. The van der Waals surface area contributed by atoms with E-state index >= 15 is 0 Å². The van der Waals surface area contributed by atoms with E-state index in [2.05, 4.69) is 26.2 Å². The van der Waals surface area contributed by atoms with Crippen molar-refractivity contribution in [2.24, 2.45) is 4.99 Å². The minimum absolute atomic E-state index is 0.00649. The van der Waals surface area contributed by atoms with Crippen LogP contribution in [0.5, 0.6) is 11.5 Å². The highest BCUT2D eigenvalue weighted by molar-refractivity contribution is 9.10. The van der Waals surface area contributed by atoms with Crippen LogP contribution in [0.3, 0.4) is 0 Å². The number of non-ortho nitro benzene ring substituents is 1. The Kier molecular flexibility index (Phi) is 8.01. The zero-order valence-corrected chi connectivity index (χ0v) is 21.3. The molecular weight excluding hydrogens is 553 g/mol. The highest BCUT2D eigenvalue weighted by Crippen LogP contribution is 2.39. The summed E-state index contributed by atoms with van der Waals surface area (Å²) in [6, 6.07) is 15.3. The lowest BCUT2D eigenvalue weighted by atomic mass is 10.1. The predicted molar refractivity (Wildman–Crippen MR) is 140 cm³/mol. The summed E-state index contributed by atoms with van der Waals surface area (Å²) >= 11 is 4.69. The number of aliphatic imine (C=N–C) groups is 1. The van der Waals surface area contributed by atoms with E-state index in [1.54, 1.807) is 30.3 Å². The highest BCUT2D eigenvalue weighted by Gasteiger charge is 2.24. The van der Waals surface area contributed by atoms with Crippen molar-refractivity contribution >= 4 is 56.2 Å². The van der Waals surface area contributed by atoms with Crippen molar-refractivity contribution in [3.63, 3.8) is 0 Å². The summed E-state index contributed by atoms with van der Waals surface area (Å²) in [5.74, 6) is 0.288. The summed E-state index contributed by atoms with van der Waals surface area (Å²) in [6.07, 6.45) is 1.71. The van der Waals surface area contributed by atoms with Crippen LogP contribution in [0.4, 0.5) is 15.8 Å². The first-order valence-electron chi connectivity index (χ1n) is 10.7. The Labute approximate surface area is 218 Å². The molecule has 3 aromatic rings. The number of thioether (sulfide) groups is 1. The van der Waals surface area contributed by atoms with Crippen LogP contribution in [0.1, 0.15) is 18.1 Å². The molecule has 1 heterocycles. The number of amidine groups is 1. The van der Waals surface area contributed by atoms with Crippen LogP contribution in [-0.4, -0.2) is 22.6 Å². The van der Waals surface area contributed by atoms with E-state index in [1.807, 2.05) is 6.92 Å². The molecule has 1 fully saturated rings. The summed E-state index contributed by atoms with van der Waals surface area (Å²) in [7, 11) is 0. The van der Waals surface area contributed by atoms with Crippen LogP contribution in [0.25, 0.3) is 6.08 Å². The van der Waals surface area contributed by atoms with Crippen LogP contribution in [-0.2, 0) is 11.4 Å². The third-order valence-electron chi connectivity index (χ3n) is 4.87. The monoisotopic (exact) mass is 571 g/mol. The second kappa shape index (κ2) is 11.4. The quantitative estimate of drug-likeness (QED) is 0.191. The van der Waals surface area contributed by atoms with Gasteiger partial charge in [-0.1, -0.05) is 0 Å². The van der Waals surface area contributed by atoms with Gasteiger partial charge in [0, 0.05) is 12.1 Å². The first-order chi connectivity index (χ1) is 17.3. The fourth-order valence-corrected chi connectivity index (χ4v) is 4.62. The molecule has 0 unspecified atom stereocenters. The number of hydrogen-bond donors (Lipinski definition) is 1. The van der Waals surface area contributed by atoms with Crippen molar-refractivity contribution < 1.29 is 23.6 Å². The SMILES string of the molecule is CCOc1cc(/C=C2/SC(=Nc3ccc(F)cc3)NC2=O)cc(Br)c1OCc1ccc([N+](=O)[O-])cc1. The number of carbonyl (C=O) groups is 1. The molecule has 0 bridgehead atoms. The third-order valence-corrected chi connectivity index (χ3v) is 6.37. The van der Waals surface area contributed by atoms with Crippen molar-refractivity contribution in [1.29, 1.82) is 0 Å². The van der Waals surface area contributed by atoms with Crippen molar-refractivity contribution in [2.75, 3.05) is 6.61 Å². The normalized spacial score (nSPS) is 15.2. The van der Waals surface area contributed by atoms with Gasteiger partial charge in [-0.2, -0.15) is 0 Å². The molecule has 8 nitrogen and oxygen atoms in total. The van der Waals surface area contributed by atoms with E-state index in [1.165, 1.54) is 48.2 Å². The fourth-order valence-electron chi connectivity index (χ4n) is 3.21. The molecule has 1 aliphatic heterocycles. The second-order valence-electron chi connectivity index (χ2n) is 7.43. The Bertz CT molecular complexity index is 1360. The smallest absolute Gasteiger partial charge is 0.269 e. The summed E-state index contributed by atoms with van der Waals surface area (Å²) in [5.41, 5.74) is 1.99. The lowest BCUT2D eigenvalue weighted by Gasteiger charge is -2.15. The molecule has 184 valence electrons. The average molecular weight is 572 g/mol. The molecule has 0 atom stereocenters. The number of nitrogens with one attached hydrogen (secondary N) is 1. The molecule has 11 heteroatoms. The zero-order valence-electron chi connectivity index (χ0n) is 18.9. The average Bonchev–Trinajstić information content (AvgIpc) is 3.18. The standard InChI is InChI=1S/C25H19BrFN3O5S/c1-2-34-21-12-16(11-20(26)23(21)35-14-15-3-9-19(10-4-15)30(32)33)13-22-24(31)29-25(36-22)28-18-7-5-17(27)6-8-18/h3-13H,2,14H2,1H3,(H,28,29,31)/b22-13+. The van der Waals surface area contributed by atoms with E-state index in [9.17, 15) is 19.3 Å². The molecule has 3 aromatic carbocycles. The first kappa shape index (κ1) is 25.4. The Morgan fingerprint density at radius 1 is 1.14 bits per heavy atom. The number of benzene rings is 3. The molecule has 1 N–H and O–H groups in total. The number of nitro benzene ring substituents is 1. The van der Waals surface area contributed by atoms with Gasteiger partial charge in [-0.3, -0.25) is 14.9 Å². The molecule has 0 saturated carbocycles. The van der Waals surface area contributed by atoms with Crippen LogP contribution in [0, 0.1) is 15.9 Å². The highest BCUT2D eigenvalue weighted by atomic mass is 79.9. The number of halogens is 2. The van der Waals surface area contributed by atoms with Gasteiger partial charge in [0.2, 0.25) is 0 Å². The molecule has 1 amide bonds. The maximum atomic E-state index is 13.1. The summed E-state index contributed by atoms with van der Waals surface area (Å²) in [6.45, 7) is 2.42. The van der Waals surface area contributed by atoms with Crippen LogP contribution >= 0.6 is 27.7 Å². The van der Waals surface area contributed by atoms with Gasteiger partial charge in [-0.15, -0.1) is 0 Å². The molecule has 0 aliphatic carbocycles. The largest absolute Gasteiger partial charge is 0.490 e. The number of nitrogens with zero attached hydrogens (tertiary/aromatic N) is 2. The minimum atomic E-state index is -0.456. The predicted octanol–water partition coefficient (Wildman–Crippen LogP) is 6.37. The van der Waals surface area contributed by atoms with E-state index in [0.29, 0.717) is 43.9 Å². The van der Waals surface area contributed by atoms with Gasteiger partial charge < -0.3 is 14.8 Å². The van der Waals surface area contributed by atoms with E-state index in [-0.39, 0.29) is 24.0 Å². The van der Waals surface area contributed by atoms with Crippen molar-refractivity contribution in [3.8, 4) is 11.5 Å². The van der Waals surface area contributed by atoms with Crippen molar-refractivity contribution in [1.82, 2.24) is 5.32 Å². The van der Waals surface area contributed by atoms with Crippen LogP contribution in [0.15, 0.2) is 75.0 Å². The number of ether oxygens (including phenoxy) is 2. The van der Waals surface area contributed by atoms with Crippen LogP contribution in [0.2, 0.25) is 0 Å². The van der Waals surface area contributed by atoms with Crippen molar-refractivity contribution in [3.05, 3.63) is 97.1 Å². The molecule has 0 spiro atoms.